The lowest BCUT2D eigenvalue weighted by Crippen LogP contribution is -2.17. The van der Waals surface area contributed by atoms with Gasteiger partial charge in [0.25, 0.3) is 0 Å². The Morgan fingerprint density at radius 3 is 2.42 bits per heavy atom. The van der Waals surface area contributed by atoms with Gasteiger partial charge in [0.15, 0.2) is 0 Å². The molecular weight excluding hydrogens is 322 g/mol. The molecule has 1 saturated heterocycles. The van der Waals surface area contributed by atoms with Gasteiger partial charge in [-0.05, 0) is 61.1 Å². The van der Waals surface area contributed by atoms with Crippen LogP contribution in [0.2, 0.25) is 5.02 Å². The Hall–Kier alpha value is -2.00. The SMILES string of the molecule is Cc1ccc(C(Cc2ccc(N3CCCC3)cc2)C(=O)O)cc1Cl. The Kier molecular flexibility index (Phi) is 5.10. The molecule has 0 radical (unpaired) electrons. The molecule has 1 fully saturated rings. The normalized spacial score (nSPS) is 15.5. The lowest BCUT2D eigenvalue weighted by atomic mass is 9.91. The molecule has 0 saturated carbocycles. The number of benzene rings is 2. The van der Waals surface area contributed by atoms with Crippen LogP contribution in [-0.2, 0) is 11.2 Å². The molecule has 3 rings (SSSR count). The van der Waals surface area contributed by atoms with Crippen LogP contribution in [0, 0.1) is 6.92 Å². The van der Waals surface area contributed by atoms with Gasteiger partial charge in [-0.3, -0.25) is 4.79 Å². The highest BCUT2D eigenvalue weighted by Gasteiger charge is 2.21. The second-order valence-electron chi connectivity index (χ2n) is 6.46. The summed E-state index contributed by atoms with van der Waals surface area (Å²) >= 11 is 6.16. The fourth-order valence-corrected chi connectivity index (χ4v) is 3.42. The van der Waals surface area contributed by atoms with Gasteiger partial charge < -0.3 is 10.0 Å². The highest BCUT2D eigenvalue weighted by molar-refractivity contribution is 6.31. The van der Waals surface area contributed by atoms with Crippen molar-refractivity contribution in [2.45, 2.75) is 32.1 Å². The van der Waals surface area contributed by atoms with Crippen LogP contribution in [0.25, 0.3) is 0 Å². The highest BCUT2D eigenvalue weighted by Crippen LogP contribution is 2.27. The lowest BCUT2D eigenvalue weighted by Gasteiger charge is -2.18. The Balaban J connectivity index is 1.78. The number of carboxylic acids is 1. The first-order valence-electron chi connectivity index (χ1n) is 8.37. The van der Waals surface area contributed by atoms with E-state index >= 15 is 0 Å². The summed E-state index contributed by atoms with van der Waals surface area (Å²) in [6.45, 7) is 4.14. The van der Waals surface area contributed by atoms with E-state index in [0.29, 0.717) is 11.4 Å². The molecule has 3 nitrogen and oxygen atoms in total. The van der Waals surface area contributed by atoms with Gasteiger partial charge in [-0.15, -0.1) is 0 Å². The zero-order valence-electron chi connectivity index (χ0n) is 13.8. The van der Waals surface area contributed by atoms with E-state index in [9.17, 15) is 9.90 Å². The van der Waals surface area contributed by atoms with Gasteiger partial charge in [0.1, 0.15) is 0 Å². The molecule has 2 aromatic rings. The number of halogens is 1. The number of aliphatic carboxylic acids is 1. The number of rotatable bonds is 5. The number of carboxylic acid groups (broad SMARTS) is 1. The van der Waals surface area contributed by atoms with Gasteiger partial charge in [-0.2, -0.15) is 0 Å². The number of hydrogen-bond donors (Lipinski definition) is 1. The van der Waals surface area contributed by atoms with Crippen LogP contribution in [0.15, 0.2) is 42.5 Å². The minimum atomic E-state index is -0.821. The molecule has 0 aliphatic carbocycles. The zero-order chi connectivity index (χ0) is 17.1. The summed E-state index contributed by atoms with van der Waals surface area (Å²) in [6, 6.07) is 13.8. The fraction of sp³-hybridized carbons (Fsp3) is 0.350. The van der Waals surface area contributed by atoms with Crippen LogP contribution in [0.3, 0.4) is 0 Å². The highest BCUT2D eigenvalue weighted by atomic mass is 35.5. The molecule has 0 spiro atoms. The van der Waals surface area contributed by atoms with Crippen LogP contribution in [0.5, 0.6) is 0 Å². The van der Waals surface area contributed by atoms with E-state index in [4.69, 9.17) is 11.6 Å². The average Bonchev–Trinajstić information content (AvgIpc) is 3.10. The summed E-state index contributed by atoms with van der Waals surface area (Å²) in [5, 5.41) is 10.2. The predicted octanol–water partition coefficient (Wildman–Crippen LogP) is 4.66. The number of nitrogens with zero attached hydrogens (tertiary/aromatic N) is 1. The van der Waals surface area contributed by atoms with Crippen LogP contribution in [0.1, 0.15) is 35.4 Å². The van der Waals surface area contributed by atoms with Crippen LogP contribution in [0.4, 0.5) is 5.69 Å². The van der Waals surface area contributed by atoms with E-state index in [1.807, 2.05) is 31.2 Å². The largest absolute Gasteiger partial charge is 0.481 e. The first-order chi connectivity index (χ1) is 11.5. The molecule has 4 heteroatoms. The third-order valence-corrected chi connectivity index (χ3v) is 5.15. The van der Waals surface area contributed by atoms with E-state index < -0.39 is 11.9 Å². The minimum absolute atomic E-state index is 0.467. The van der Waals surface area contributed by atoms with Gasteiger partial charge >= 0.3 is 5.97 Å². The summed E-state index contributed by atoms with van der Waals surface area (Å²) < 4.78 is 0. The van der Waals surface area contributed by atoms with E-state index in [1.54, 1.807) is 6.07 Å². The van der Waals surface area contributed by atoms with E-state index in [-0.39, 0.29) is 0 Å². The standard InChI is InChI=1S/C20H22ClNO2/c1-14-4-7-16(13-19(14)21)18(20(23)24)12-15-5-8-17(9-6-15)22-10-2-3-11-22/h4-9,13,18H,2-3,10-12H2,1H3,(H,23,24). The summed E-state index contributed by atoms with van der Waals surface area (Å²) in [4.78, 5) is 14.1. The van der Waals surface area contributed by atoms with E-state index in [2.05, 4.69) is 17.0 Å². The van der Waals surface area contributed by atoms with Crippen molar-refractivity contribution in [1.82, 2.24) is 0 Å². The summed E-state index contributed by atoms with van der Waals surface area (Å²) in [6.07, 6.45) is 2.96. The van der Waals surface area contributed by atoms with Gasteiger partial charge in [0.05, 0.1) is 5.92 Å². The first-order valence-corrected chi connectivity index (χ1v) is 8.75. The number of hydrogen-bond acceptors (Lipinski definition) is 2. The quantitative estimate of drug-likeness (QED) is 0.858. The zero-order valence-corrected chi connectivity index (χ0v) is 14.6. The second kappa shape index (κ2) is 7.27. The molecule has 0 bridgehead atoms. The maximum Gasteiger partial charge on any atom is 0.311 e. The molecule has 1 atom stereocenters. The molecular formula is C20H22ClNO2. The van der Waals surface area contributed by atoms with Crippen molar-refractivity contribution < 1.29 is 9.90 Å². The minimum Gasteiger partial charge on any atom is -0.481 e. The maximum absolute atomic E-state index is 11.7. The maximum atomic E-state index is 11.7. The molecule has 0 amide bonds. The second-order valence-corrected chi connectivity index (χ2v) is 6.87. The van der Waals surface area contributed by atoms with Crippen molar-refractivity contribution in [3.05, 3.63) is 64.2 Å². The average molecular weight is 344 g/mol. The third-order valence-electron chi connectivity index (χ3n) is 4.74. The van der Waals surface area contributed by atoms with Crippen molar-refractivity contribution in [3.8, 4) is 0 Å². The monoisotopic (exact) mass is 343 g/mol. The smallest absolute Gasteiger partial charge is 0.311 e. The Morgan fingerprint density at radius 2 is 1.83 bits per heavy atom. The molecule has 2 aromatic carbocycles. The molecule has 1 aliphatic heterocycles. The van der Waals surface area contributed by atoms with Gasteiger partial charge in [0, 0.05) is 23.8 Å². The summed E-state index contributed by atoms with van der Waals surface area (Å²) in [5.41, 5.74) is 3.96. The Bertz CT molecular complexity index is 721. The van der Waals surface area contributed by atoms with Crippen molar-refractivity contribution in [3.63, 3.8) is 0 Å². The van der Waals surface area contributed by atoms with Gasteiger partial charge in [-0.1, -0.05) is 35.9 Å². The predicted molar refractivity (Wildman–Crippen MR) is 98.2 cm³/mol. The van der Waals surface area contributed by atoms with E-state index in [0.717, 1.165) is 29.8 Å². The molecule has 1 N–H and O–H groups in total. The molecule has 1 unspecified atom stereocenters. The summed E-state index contributed by atoms with van der Waals surface area (Å²) in [7, 11) is 0. The van der Waals surface area contributed by atoms with Crippen LogP contribution >= 0.6 is 11.6 Å². The van der Waals surface area contributed by atoms with E-state index in [1.165, 1.54) is 18.5 Å². The third kappa shape index (κ3) is 3.73. The molecule has 126 valence electrons. The lowest BCUT2D eigenvalue weighted by molar-refractivity contribution is -0.138. The molecule has 24 heavy (non-hydrogen) atoms. The Labute approximate surface area is 147 Å². The number of aryl methyl sites for hydroxylation is 1. The summed E-state index contributed by atoms with van der Waals surface area (Å²) in [5.74, 6) is -1.40. The number of carbonyl (C=O) groups is 1. The first kappa shape index (κ1) is 16.8. The van der Waals surface area contributed by atoms with Gasteiger partial charge in [-0.25, -0.2) is 0 Å². The van der Waals surface area contributed by atoms with Crippen molar-refractivity contribution in [1.29, 1.82) is 0 Å². The van der Waals surface area contributed by atoms with Crippen molar-refractivity contribution in [2.75, 3.05) is 18.0 Å². The fourth-order valence-electron chi connectivity index (χ4n) is 3.23. The van der Waals surface area contributed by atoms with Crippen LogP contribution in [-0.4, -0.2) is 24.2 Å². The Morgan fingerprint density at radius 1 is 1.17 bits per heavy atom. The van der Waals surface area contributed by atoms with Crippen molar-refractivity contribution >= 4 is 23.3 Å². The number of anilines is 1. The molecule has 1 heterocycles. The molecule has 0 aromatic heterocycles. The molecule has 1 aliphatic rings. The van der Waals surface area contributed by atoms with Crippen molar-refractivity contribution in [2.24, 2.45) is 0 Å². The van der Waals surface area contributed by atoms with Crippen LogP contribution < -0.4 is 4.90 Å². The van der Waals surface area contributed by atoms with Gasteiger partial charge in [0.2, 0.25) is 0 Å². The topological polar surface area (TPSA) is 40.5 Å².